The quantitative estimate of drug-likeness (QED) is 0.907. The third-order valence-electron chi connectivity index (χ3n) is 3.20. The van der Waals surface area contributed by atoms with E-state index in [4.69, 9.17) is 5.11 Å². The van der Waals surface area contributed by atoms with Gasteiger partial charge in [-0.25, -0.2) is 4.79 Å². The van der Waals surface area contributed by atoms with Gasteiger partial charge in [0.2, 0.25) is 0 Å². The summed E-state index contributed by atoms with van der Waals surface area (Å²) in [5.74, 6) is -1.82. The number of carbonyl (C=O) groups excluding carboxylic acids is 2. The van der Waals surface area contributed by atoms with Crippen molar-refractivity contribution in [2.45, 2.75) is 0 Å². The van der Waals surface area contributed by atoms with Crippen LogP contribution in [0.25, 0.3) is 0 Å². The molecule has 2 N–H and O–H groups in total. The SMILES string of the molecule is CN(C)C(=O)c1ccc(NC(=O)c2ccccc2C(=O)O)cc1. The average Bonchev–Trinajstić information content (AvgIpc) is 2.54. The molecule has 0 aromatic heterocycles. The highest BCUT2D eigenvalue weighted by atomic mass is 16.4. The third-order valence-corrected chi connectivity index (χ3v) is 3.20. The number of hydrogen-bond donors (Lipinski definition) is 2. The lowest BCUT2D eigenvalue weighted by Gasteiger charge is -2.11. The summed E-state index contributed by atoms with van der Waals surface area (Å²) in [6, 6.07) is 12.4. The molecule has 6 heteroatoms. The van der Waals surface area contributed by atoms with Crippen LogP contribution in [0, 0.1) is 0 Å². The maximum Gasteiger partial charge on any atom is 0.336 e. The zero-order valence-corrected chi connectivity index (χ0v) is 12.7. The van der Waals surface area contributed by atoms with E-state index in [0.717, 1.165) is 0 Å². The second kappa shape index (κ2) is 6.74. The lowest BCUT2D eigenvalue weighted by atomic mass is 10.1. The van der Waals surface area contributed by atoms with Crippen LogP contribution in [0.4, 0.5) is 5.69 Å². The van der Waals surface area contributed by atoms with E-state index in [2.05, 4.69) is 5.32 Å². The van der Waals surface area contributed by atoms with Gasteiger partial charge in [0.1, 0.15) is 0 Å². The van der Waals surface area contributed by atoms with E-state index in [-0.39, 0.29) is 17.0 Å². The van der Waals surface area contributed by atoms with Crippen molar-refractivity contribution in [3.8, 4) is 0 Å². The Kier molecular flexibility index (Phi) is 4.75. The first-order valence-electron chi connectivity index (χ1n) is 6.85. The van der Waals surface area contributed by atoms with Crippen molar-refractivity contribution in [1.82, 2.24) is 4.90 Å². The number of hydrogen-bond acceptors (Lipinski definition) is 3. The smallest absolute Gasteiger partial charge is 0.336 e. The van der Waals surface area contributed by atoms with Crippen LogP contribution in [0.15, 0.2) is 48.5 Å². The Morgan fingerprint density at radius 1 is 0.913 bits per heavy atom. The van der Waals surface area contributed by atoms with E-state index in [1.54, 1.807) is 50.5 Å². The van der Waals surface area contributed by atoms with Crippen LogP contribution in [0.3, 0.4) is 0 Å². The highest BCUT2D eigenvalue weighted by Crippen LogP contribution is 2.15. The van der Waals surface area contributed by atoms with Crippen molar-refractivity contribution in [2.75, 3.05) is 19.4 Å². The summed E-state index contributed by atoms with van der Waals surface area (Å²) in [6.07, 6.45) is 0. The minimum atomic E-state index is -1.16. The molecule has 0 saturated heterocycles. The van der Waals surface area contributed by atoms with Gasteiger partial charge >= 0.3 is 5.97 Å². The van der Waals surface area contributed by atoms with Crippen molar-refractivity contribution in [2.24, 2.45) is 0 Å². The Morgan fingerprint density at radius 2 is 1.48 bits per heavy atom. The average molecular weight is 312 g/mol. The molecule has 23 heavy (non-hydrogen) atoms. The van der Waals surface area contributed by atoms with Gasteiger partial charge in [-0.1, -0.05) is 12.1 Å². The van der Waals surface area contributed by atoms with Crippen molar-refractivity contribution >= 4 is 23.5 Å². The van der Waals surface area contributed by atoms with Gasteiger partial charge in [-0.2, -0.15) is 0 Å². The monoisotopic (exact) mass is 312 g/mol. The second-order valence-electron chi connectivity index (χ2n) is 5.08. The van der Waals surface area contributed by atoms with Gasteiger partial charge in [0.05, 0.1) is 11.1 Å². The Bertz CT molecular complexity index is 751. The lowest BCUT2D eigenvalue weighted by molar-refractivity contribution is 0.0692. The second-order valence-corrected chi connectivity index (χ2v) is 5.08. The lowest BCUT2D eigenvalue weighted by Crippen LogP contribution is -2.21. The number of anilines is 1. The summed E-state index contributed by atoms with van der Waals surface area (Å²) in [6.45, 7) is 0. The summed E-state index contributed by atoms with van der Waals surface area (Å²) in [5, 5.41) is 11.7. The fourth-order valence-corrected chi connectivity index (χ4v) is 2.02. The molecule has 0 heterocycles. The predicted molar refractivity (Wildman–Crippen MR) is 85.8 cm³/mol. The highest BCUT2D eigenvalue weighted by Gasteiger charge is 2.16. The predicted octanol–water partition coefficient (Wildman–Crippen LogP) is 2.34. The molecule has 2 amide bonds. The number of carboxylic acid groups (broad SMARTS) is 1. The molecule has 0 spiro atoms. The number of carboxylic acids is 1. The number of nitrogens with zero attached hydrogens (tertiary/aromatic N) is 1. The standard InChI is InChI=1S/C17H16N2O4/c1-19(2)16(21)11-7-9-12(10-8-11)18-15(20)13-5-3-4-6-14(13)17(22)23/h3-10H,1-2H3,(H,18,20)(H,22,23). The van der Waals surface area contributed by atoms with Crippen LogP contribution >= 0.6 is 0 Å². The zero-order valence-electron chi connectivity index (χ0n) is 12.7. The van der Waals surface area contributed by atoms with Gasteiger partial charge in [-0.15, -0.1) is 0 Å². The minimum absolute atomic E-state index is 0.0654. The number of rotatable bonds is 4. The number of aromatic carboxylic acids is 1. The van der Waals surface area contributed by atoms with Crippen molar-refractivity contribution in [3.63, 3.8) is 0 Å². The van der Waals surface area contributed by atoms with Crippen LogP contribution in [-0.2, 0) is 0 Å². The van der Waals surface area contributed by atoms with E-state index in [1.807, 2.05) is 0 Å². The summed E-state index contributed by atoms with van der Waals surface area (Å²) >= 11 is 0. The molecule has 0 aliphatic carbocycles. The topological polar surface area (TPSA) is 86.7 Å². The normalized spacial score (nSPS) is 10.0. The van der Waals surface area contributed by atoms with E-state index >= 15 is 0 Å². The zero-order chi connectivity index (χ0) is 17.0. The molecular weight excluding hydrogens is 296 g/mol. The Morgan fingerprint density at radius 3 is 2.00 bits per heavy atom. The molecule has 0 atom stereocenters. The van der Waals surface area contributed by atoms with E-state index in [1.165, 1.54) is 17.0 Å². The molecule has 0 aliphatic heterocycles. The first-order valence-corrected chi connectivity index (χ1v) is 6.85. The molecule has 2 aromatic carbocycles. The molecule has 0 saturated carbocycles. The van der Waals surface area contributed by atoms with Gasteiger partial charge < -0.3 is 15.3 Å². The molecule has 6 nitrogen and oxygen atoms in total. The fourth-order valence-electron chi connectivity index (χ4n) is 2.02. The number of nitrogens with one attached hydrogen (secondary N) is 1. The maximum absolute atomic E-state index is 12.2. The molecule has 0 unspecified atom stereocenters. The summed E-state index contributed by atoms with van der Waals surface area (Å²) in [5.41, 5.74) is 0.988. The molecule has 0 aliphatic rings. The largest absolute Gasteiger partial charge is 0.478 e. The van der Waals surface area contributed by atoms with E-state index < -0.39 is 11.9 Å². The van der Waals surface area contributed by atoms with Gasteiger partial charge in [-0.3, -0.25) is 9.59 Å². The number of benzene rings is 2. The summed E-state index contributed by atoms with van der Waals surface area (Å²) in [7, 11) is 3.31. The maximum atomic E-state index is 12.2. The number of amides is 2. The van der Waals surface area contributed by atoms with Gasteiger partial charge in [-0.05, 0) is 36.4 Å². The van der Waals surface area contributed by atoms with Crippen LogP contribution < -0.4 is 5.32 Å². The highest BCUT2D eigenvalue weighted by molar-refractivity contribution is 6.10. The minimum Gasteiger partial charge on any atom is -0.478 e. The summed E-state index contributed by atoms with van der Waals surface area (Å²) < 4.78 is 0. The first kappa shape index (κ1) is 16.2. The molecular formula is C17H16N2O4. The molecule has 0 radical (unpaired) electrons. The Labute approximate surface area is 133 Å². The van der Waals surface area contributed by atoms with Crippen LogP contribution in [0.2, 0.25) is 0 Å². The van der Waals surface area contributed by atoms with Crippen LogP contribution in [0.5, 0.6) is 0 Å². The third kappa shape index (κ3) is 3.74. The molecule has 118 valence electrons. The van der Waals surface area contributed by atoms with Crippen molar-refractivity contribution in [1.29, 1.82) is 0 Å². The van der Waals surface area contributed by atoms with Gasteiger partial charge in [0, 0.05) is 25.3 Å². The molecule has 2 aromatic rings. The van der Waals surface area contributed by atoms with Crippen LogP contribution in [-0.4, -0.2) is 41.9 Å². The van der Waals surface area contributed by atoms with Crippen molar-refractivity contribution < 1.29 is 19.5 Å². The summed E-state index contributed by atoms with van der Waals surface area (Å²) in [4.78, 5) is 36.6. The molecule has 2 rings (SSSR count). The van der Waals surface area contributed by atoms with E-state index in [0.29, 0.717) is 11.3 Å². The van der Waals surface area contributed by atoms with Crippen LogP contribution in [0.1, 0.15) is 31.1 Å². The van der Waals surface area contributed by atoms with E-state index in [9.17, 15) is 14.4 Å². The Hall–Kier alpha value is -3.15. The fraction of sp³-hybridized carbons (Fsp3) is 0.118. The molecule has 0 bridgehead atoms. The van der Waals surface area contributed by atoms with Crippen molar-refractivity contribution in [3.05, 3.63) is 65.2 Å². The Balaban J connectivity index is 2.18. The van der Waals surface area contributed by atoms with Gasteiger partial charge in [0.15, 0.2) is 0 Å². The van der Waals surface area contributed by atoms with Gasteiger partial charge in [0.25, 0.3) is 11.8 Å². The number of carbonyl (C=O) groups is 3. The first-order chi connectivity index (χ1) is 10.9. The molecule has 0 fully saturated rings.